The molecule has 2 aromatic carbocycles. The van der Waals surface area contributed by atoms with E-state index in [1.807, 2.05) is 24.3 Å². The predicted molar refractivity (Wildman–Crippen MR) is 80.9 cm³/mol. The zero-order valence-electron chi connectivity index (χ0n) is 11.9. The molecule has 0 saturated heterocycles. The summed E-state index contributed by atoms with van der Waals surface area (Å²) in [6.07, 6.45) is 0. The van der Waals surface area contributed by atoms with Crippen LogP contribution in [-0.2, 0) is 6.54 Å². The second-order valence-corrected chi connectivity index (χ2v) is 5.32. The van der Waals surface area contributed by atoms with Gasteiger partial charge in [0, 0.05) is 31.0 Å². The molecule has 0 aliphatic carbocycles. The summed E-state index contributed by atoms with van der Waals surface area (Å²) >= 11 is 0. The summed E-state index contributed by atoms with van der Waals surface area (Å²) in [5.41, 5.74) is 3.64. The highest BCUT2D eigenvalue weighted by Crippen LogP contribution is 2.32. The Morgan fingerprint density at radius 3 is 2.76 bits per heavy atom. The standard InChI is InChI=1S/C17H16FN3/c1-20-7-8-21(16-4-2-3-15(18)10-16)17-6-5-13(11-19)9-14(17)12-20/h2-6,9-10H,7-8,12H2,1H3. The third kappa shape index (κ3) is 2.74. The third-order valence-corrected chi connectivity index (χ3v) is 3.76. The van der Waals surface area contributed by atoms with E-state index in [1.54, 1.807) is 12.1 Å². The van der Waals surface area contributed by atoms with Gasteiger partial charge in [-0.05, 0) is 49.0 Å². The summed E-state index contributed by atoms with van der Waals surface area (Å²) in [5.74, 6) is -0.236. The van der Waals surface area contributed by atoms with E-state index in [4.69, 9.17) is 5.26 Å². The van der Waals surface area contributed by atoms with Crippen LogP contribution in [0.25, 0.3) is 0 Å². The molecular formula is C17H16FN3. The summed E-state index contributed by atoms with van der Waals surface area (Å²) in [6.45, 7) is 2.46. The van der Waals surface area contributed by atoms with Crippen molar-refractivity contribution >= 4 is 11.4 Å². The van der Waals surface area contributed by atoms with E-state index >= 15 is 0 Å². The van der Waals surface area contributed by atoms with Crippen LogP contribution in [-0.4, -0.2) is 25.0 Å². The minimum absolute atomic E-state index is 0.236. The Morgan fingerprint density at radius 1 is 1.14 bits per heavy atom. The molecule has 0 atom stereocenters. The molecule has 0 N–H and O–H groups in total. The lowest BCUT2D eigenvalue weighted by Crippen LogP contribution is -2.26. The highest BCUT2D eigenvalue weighted by atomic mass is 19.1. The van der Waals surface area contributed by atoms with E-state index in [1.165, 1.54) is 6.07 Å². The Labute approximate surface area is 123 Å². The van der Waals surface area contributed by atoms with Gasteiger partial charge in [-0.25, -0.2) is 4.39 Å². The lowest BCUT2D eigenvalue weighted by molar-refractivity contribution is 0.343. The monoisotopic (exact) mass is 281 g/mol. The Kier molecular flexibility index (Phi) is 3.59. The largest absolute Gasteiger partial charge is 0.340 e. The molecule has 0 fully saturated rings. The highest BCUT2D eigenvalue weighted by molar-refractivity contribution is 5.68. The van der Waals surface area contributed by atoms with Gasteiger partial charge in [-0.2, -0.15) is 5.26 Å². The van der Waals surface area contributed by atoms with E-state index in [9.17, 15) is 4.39 Å². The Bertz CT molecular complexity index is 705. The van der Waals surface area contributed by atoms with Crippen LogP contribution in [0.5, 0.6) is 0 Å². The molecule has 0 radical (unpaired) electrons. The van der Waals surface area contributed by atoms with Crippen LogP contribution >= 0.6 is 0 Å². The summed E-state index contributed by atoms with van der Waals surface area (Å²) in [6, 6.07) is 14.5. The normalized spacial score (nSPS) is 15.2. The number of likely N-dealkylation sites (N-methyl/N-ethyl adjacent to an activating group) is 1. The van der Waals surface area contributed by atoms with Crippen molar-refractivity contribution in [1.29, 1.82) is 5.26 Å². The first-order chi connectivity index (χ1) is 10.2. The van der Waals surface area contributed by atoms with E-state index < -0.39 is 0 Å². The number of nitrogens with zero attached hydrogens (tertiary/aromatic N) is 3. The van der Waals surface area contributed by atoms with E-state index in [2.05, 4.69) is 22.9 Å². The molecule has 0 bridgehead atoms. The van der Waals surface area contributed by atoms with E-state index in [0.29, 0.717) is 5.56 Å². The van der Waals surface area contributed by atoms with Gasteiger partial charge in [0.1, 0.15) is 5.82 Å². The second-order valence-electron chi connectivity index (χ2n) is 5.32. The van der Waals surface area contributed by atoms with Gasteiger partial charge < -0.3 is 9.80 Å². The molecule has 3 rings (SSSR count). The number of fused-ring (bicyclic) bond motifs is 1. The number of rotatable bonds is 1. The molecule has 0 saturated carbocycles. The van der Waals surface area contributed by atoms with Crippen molar-refractivity contribution in [3.05, 3.63) is 59.4 Å². The lowest BCUT2D eigenvalue weighted by atomic mass is 10.1. The van der Waals surface area contributed by atoms with Gasteiger partial charge in [0.25, 0.3) is 0 Å². The smallest absolute Gasteiger partial charge is 0.125 e. The zero-order chi connectivity index (χ0) is 14.8. The van der Waals surface area contributed by atoms with Crippen molar-refractivity contribution < 1.29 is 4.39 Å². The van der Waals surface area contributed by atoms with Crippen molar-refractivity contribution in [3.63, 3.8) is 0 Å². The van der Waals surface area contributed by atoms with Gasteiger partial charge in [0.2, 0.25) is 0 Å². The molecule has 0 amide bonds. The van der Waals surface area contributed by atoms with Crippen molar-refractivity contribution in [1.82, 2.24) is 4.90 Å². The van der Waals surface area contributed by atoms with Crippen LogP contribution < -0.4 is 4.90 Å². The molecule has 1 aliphatic heterocycles. The van der Waals surface area contributed by atoms with Crippen molar-refractivity contribution in [3.8, 4) is 6.07 Å². The first kappa shape index (κ1) is 13.6. The molecule has 1 heterocycles. The van der Waals surface area contributed by atoms with Crippen LogP contribution in [0, 0.1) is 17.1 Å². The number of benzene rings is 2. The van der Waals surface area contributed by atoms with Crippen LogP contribution in [0.3, 0.4) is 0 Å². The molecule has 2 aromatic rings. The van der Waals surface area contributed by atoms with Crippen molar-refractivity contribution in [2.45, 2.75) is 6.54 Å². The molecule has 1 aliphatic rings. The summed E-state index contributed by atoms with van der Waals surface area (Å²) < 4.78 is 13.5. The molecule has 4 heteroatoms. The fourth-order valence-corrected chi connectivity index (χ4v) is 2.72. The number of nitriles is 1. The molecule has 0 unspecified atom stereocenters. The number of anilines is 2. The zero-order valence-corrected chi connectivity index (χ0v) is 11.9. The predicted octanol–water partition coefficient (Wildman–Crippen LogP) is 3.28. The number of hydrogen-bond acceptors (Lipinski definition) is 3. The SMILES string of the molecule is CN1CCN(c2cccc(F)c2)c2ccc(C#N)cc2C1. The van der Waals surface area contributed by atoms with Gasteiger partial charge in [-0.1, -0.05) is 6.07 Å². The number of hydrogen-bond donors (Lipinski definition) is 0. The molecule has 3 nitrogen and oxygen atoms in total. The molecule has 0 spiro atoms. The average Bonchev–Trinajstić information content (AvgIpc) is 2.64. The van der Waals surface area contributed by atoms with Gasteiger partial charge >= 0.3 is 0 Å². The Balaban J connectivity index is 2.09. The molecule has 0 aromatic heterocycles. The first-order valence-electron chi connectivity index (χ1n) is 6.92. The van der Waals surface area contributed by atoms with Crippen LogP contribution in [0.2, 0.25) is 0 Å². The van der Waals surface area contributed by atoms with Crippen molar-refractivity contribution in [2.75, 3.05) is 25.0 Å². The second kappa shape index (κ2) is 5.55. The lowest BCUT2D eigenvalue weighted by Gasteiger charge is -2.25. The maximum absolute atomic E-state index is 13.5. The minimum Gasteiger partial charge on any atom is -0.340 e. The topological polar surface area (TPSA) is 30.3 Å². The fourth-order valence-electron chi connectivity index (χ4n) is 2.72. The van der Waals surface area contributed by atoms with Crippen LogP contribution in [0.4, 0.5) is 15.8 Å². The minimum atomic E-state index is -0.236. The third-order valence-electron chi connectivity index (χ3n) is 3.76. The first-order valence-corrected chi connectivity index (χ1v) is 6.92. The van der Waals surface area contributed by atoms with E-state index in [-0.39, 0.29) is 5.82 Å². The Morgan fingerprint density at radius 2 is 2.00 bits per heavy atom. The van der Waals surface area contributed by atoms with Gasteiger partial charge in [-0.3, -0.25) is 0 Å². The summed E-state index contributed by atoms with van der Waals surface area (Å²) in [7, 11) is 2.05. The van der Waals surface area contributed by atoms with Gasteiger partial charge in [-0.15, -0.1) is 0 Å². The highest BCUT2D eigenvalue weighted by Gasteiger charge is 2.19. The quantitative estimate of drug-likeness (QED) is 0.803. The van der Waals surface area contributed by atoms with E-state index in [0.717, 1.165) is 36.6 Å². The molecular weight excluding hydrogens is 265 g/mol. The van der Waals surface area contributed by atoms with Crippen LogP contribution in [0.15, 0.2) is 42.5 Å². The summed E-state index contributed by atoms with van der Waals surface area (Å²) in [4.78, 5) is 4.32. The van der Waals surface area contributed by atoms with Crippen molar-refractivity contribution in [2.24, 2.45) is 0 Å². The Hall–Kier alpha value is -2.38. The maximum Gasteiger partial charge on any atom is 0.125 e. The average molecular weight is 281 g/mol. The summed E-state index contributed by atoms with van der Waals surface area (Å²) in [5, 5.41) is 9.07. The van der Waals surface area contributed by atoms with Gasteiger partial charge in [0.15, 0.2) is 0 Å². The maximum atomic E-state index is 13.5. The fraction of sp³-hybridized carbons (Fsp3) is 0.235. The van der Waals surface area contributed by atoms with Gasteiger partial charge in [0.05, 0.1) is 11.6 Å². The van der Waals surface area contributed by atoms with Crippen LogP contribution in [0.1, 0.15) is 11.1 Å². The molecule has 21 heavy (non-hydrogen) atoms. The molecule has 106 valence electrons. The number of halogens is 1.